The molecule has 1 aliphatic carbocycles. The lowest BCUT2D eigenvalue weighted by Gasteiger charge is -2.21. The molecule has 1 aromatic rings. The first-order chi connectivity index (χ1) is 13.9. The number of rotatable bonds is 10. The van der Waals surface area contributed by atoms with E-state index in [1.807, 2.05) is 0 Å². The van der Waals surface area contributed by atoms with Crippen molar-refractivity contribution >= 4 is 5.57 Å². The molecule has 0 saturated heterocycles. The monoisotopic (exact) mass is 387 g/mol. The molecule has 0 amide bonds. The largest absolute Gasteiger partial charge is 0.385 e. The van der Waals surface area contributed by atoms with Gasteiger partial charge in [-0.05, 0) is 60.5 Å². The fraction of sp³-hybridized carbons (Fsp3) is 0.357. The van der Waals surface area contributed by atoms with Gasteiger partial charge >= 0.3 is 0 Å². The van der Waals surface area contributed by atoms with Crippen molar-refractivity contribution < 1.29 is 0 Å². The van der Waals surface area contributed by atoms with Crippen molar-refractivity contribution in [1.29, 1.82) is 0 Å². The van der Waals surface area contributed by atoms with Gasteiger partial charge in [-0.25, -0.2) is 0 Å². The number of hydrogen-bond acceptors (Lipinski definition) is 1. The summed E-state index contributed by atoms with van der Waals surface area (Å²) in [6, 6.07) is 8.70. The third-order valence-electron chi connectivity index (χ3n) is 5.51. The molecule has 1 N–H and O–H groups in total. The second-order valence-corrected chi connectivity index (χ2v) is 8.11. The first-order valence-corrected chi connectivity index (χ1v) is 10.8. The predicted molar refractivity (Wildman–Crippen MR) is 130 cm³/mol. The first-order valence-electron chi connectivity index (χ1n) is 10.8. The lowest BCUT2D eigenvalue weighted by Crippen LogP contribution is -2.20. The molecule has 1 atom stereocenters. The summed E-state index contributed by atoms with van der Waals surface area (Å²) >= 11 is 0. The minimum absolute atomic E-state index is 0.604. The van der Waals surface area contributed by atoms with Crippen LogP contribution in [0.25, 0.3) is 5.57 Å². The molecule has 2 rings (SSSR count). The van der Waals surface area contributed by atoms with Gasteiger partial charge in [-0.2, -0.15) is 0 Å². The topological polar surface area (TPSA) is 12.0 Å². The van der Waals surface area contributed by atoms with Crippen LogP contribution < -0.4 is 5.32 Å². The summed E-state index contributed by atoms with van der Waals surface area (Å²) in [6.07, 6.45) is 15.3. The molecule has 0 heterocycles. The smallest absolute Gasteiger partial charge is 0.0363 e. The van der Waals surface area contributed by atoms with Crippen molar-refractivity contribution in [2.75, 3.05) is 6.54 Å². The Kier molecular flexibility index (Phi) is 8.99. The minimum Gasteiger partial charge on any atom is -0.385 e. The van der Waals surface area contributed by atoms with E-state index in [2.05, 4.69) is 101 Å². The standard InChI is InChI=1S/C28H37N/c1-7-10-26-11-9-12-27(19-26)22(4)15-16-25(8-2)18-24(6)29-20-28-17-21(3)13-14-23(28)5/h8-9,11-13,15-17,19,23,29H,4,6-7,10,14,18,20H2,1-3,5H3/b16-15-,25-8+. The maximum atomic E-state index is 4.26. The normalized spacial score (nSPS) is 17.1. The Morgan fingerprint density at radius 3 is 2.76 bits per heavy atom. The summed E-state index contributed by atoms with van der Waals surface area (Å²) in [5.74, 6) is 0.604. The van der Waals surface area contributed by atoms with Crippen molar-refractivity contribution in [2.45, 2.75) is 53.4 Å². The minimum atomic E-state index is 0.604. The van der Waals surface area contributed by atoms with Crippen molar-refractivity contribution in [3.8, 4) is 0 Å². The summed E-state index contributed by atoms with van der Waals surface area (Å²) in [4.78, 5) is 0. The summed E-state index contributed by atoms with van der Waals surface area (Å²) in [5, 5.41) is 3.52. The number of nitrogens with one attached hydrogen (secondary N) is 1. The van der Waals surface area contributed by atoms with Gasteiger partial charge in [0.15, 0.2) is 0 Å². The van der Waals surface area contributed by atoms with Gasteiger partial charge in [0.2, 0.25) is 0 Å². The highest BCUT2D eigenvalue weighted by molar-refractivity contribution is 5.72. The number of benzene rings is 1. The van der Waals surface area contributed by atoms with Crippen molar-refractivity contribution in [3.05, 3.63) is 101 Å². The Hall–Kier alpha value is -2.54. The quantitative estimate of drug-likeness (QED) is 0.408. The molecule has 29 heavy (non-hydrogen) atoms. The molecule has 1 heteroatoms. The van der Waals surface area contributed by atoms with Crippen LogP contribution in [0, 0.1) is 5.92 Å². The van der Waals surface area contributed by atoms with Crippen LogP contribution in [0.4, 0.5) is 0 Å². The van der Waals surface area contributed by atoms with E-state index in [-0.39, 0.29) is 0 Å². The van der Waals surface area contributed by atoms with Crippen molar-refractivity contribution in [3.63, 3.8) is 0 Å². The maximum absolute atomic E-state index is 4.26. The molecule has 1 nitrogen and oxygen atoms in total. The molecule has 0 fully saturated rings. The third kappa shape index (κ3) is 7.42. The Morgan fingerprint density at radius 1 is 1.24 bits per heavy atom. The fourth-order valence-electron chi connectivity index (χ4n) is 3.55. The molecule has 0 bridgehead atoms. The highest BCUT2D eigenvalue weighted by Crippen LogP contribution is 2.23. The average Bonchev–Trinajstić information content (AvgIpc) is 2.72. The molecule has 1 unspecified atom stereocenters. The van der Waals surface area contributed by atoms with Gasteiger partial charge in [0.05, 0.1) is 0 Å². The Balaban J connectivity index is 1.91. The van der Waals surface area contributed by atoms with E-state index in [0.717, 1.165) is 43.5 Å². The molecule has 0 radical (unpaired) electrons. The second kappa shape index (κ2) is 11.5. The predicted octanol–water partition coefficient (Wildman–Crippen LogP) is 7.56. The molecule has 154 valence electrons. The number of allylic oxidation sites excluding steroid dienone is 8. The van der Waals surface area contributed by atoms with Gasteiger partial charge in [-0.15, -0.1) is 0 Å². The third-order valence-corrected chi connectivity index (χ3v) is 5.51. The molecule has 0 saturated carbocycles. The van der Waals surface area contributed by atoms with Crippen LogP contribution in [0.15, 0.2) is 90.2 Å². The molecular formula is C28H37N. The zero-order valence-corrected chi connectivity index (χ0v) is 18.7. The first kappa shape index (κ1) is 22.7. The molecule has 0 spiro atoms. The summed E-state index contributed by atoms with van der Waals surface area (Å²) in [5.41, 5.74) is 8.74. The lowest BCUT2D eigenvalue weighted by atomic mass is 9.90. The zero-order chi connectivity index (χ0) is 21.2. The van der Waals surface area contributed by atoms with Gasteiger partial charge in [0, 0.05) is 18.7 Å². The van der Waals surface area contributed by atoms with Crippen LogP contribution in [0.2, 0.25) is 0 Å². The average molecular weight is 388 g/mol. The van der Waals surface area contributed by atoms with Gasteiger partial charge in [-0.3, -0.25) is 0 Å². The molecular weight excluding hydrogens is 350 g/mol. The highest BCUT2D eigenvalue weighted by atomic mass is 14.9. The van der Waals surface area contributed by atoms with E-state index in [9.17, 15) is 0 Å². The van der Waals surface area contributed by atoms with Gasteiger partial charge in [0.1, 0.15) is 0 Å². The number of aryl methyl sites for hydroxylation is 1. The molecule has 1 aliphatic rings. The fourth-order valence-corrected chi connectivity index (χ4v) is 3.55. The van der Waals surface area contributed by atoms with E-state index in [1.54, 1.807) is 0 Å². The molecule has 0 aromatic heterocycles. The maximum Gasteiger partial charge on any atom is 0.0363 e. The van der Waals surface area contributed by atoms with Crippen molar-refractivity contribution in [1.82, 2.24) is 5.32 Å². The zero-order valence-electron chi connectivity index (χ0n) is 18.7. The molecule has 1 aromatic carbocycles. The van der Waals surface area contributed by atoms with E-state index < -0.39 is 0 Å². The summed E-state index contributed by atoms with van der Waals surface area (Å²) in [7, 11) is 0. The van der Waals surface area contributed by atoms with Crippen LogP contribution >= 0.6 is 0 Å². The molecule has 0 aliphatic heterocycles. The lowest BCUT2D eigenvalue weighted by molar-refractivity contribution is 0.640. The van der Waals surface area contributed by atoms with E-state index in [1.165, 1.54) is 27.8 Å². The van der Waals surface area contributed by atoms with Crippen LogP contribution in [0.1, 0.15) is 58.1 Å². The van der Waals surface area contributed by atoms with E-state index in [0.29, 0.717) is 5.92 Å². The van der Waals surface area contributed by atoms with Crippen molar-refractivity contribution in [2.24, 2.45) is 5.92 Å². The SMILES string of the molecule is C=C(CC(/C=C\C(=C)c1cccc(CCC)c1)=C/C)NCC1=CC(C)=CCC1C. The van der Waals surface area contributed by atoms with Gasteiger partial charge in [-0.1, -0.05) is 93.6 Å². The second-order valence-electron chi connectivity index (χ2n) is 8.11. The van der Waals surface area contributed by atoms with Crippen LogP contribution in [-0.2, 0) is 6.42 Å². The summed E-state index contributed by atoms with van der Waals surface area (Å²) < 4.78 is 0. The van der Waals surface area contributed by atoms with Gasteiger partial charge < -0.3 is 5.32 Å². The van der Waals surface area contributed by atoms with E-state index >= 15 is 0 Å². The van der Waals surface area contributed by atoms with Crippen LogP contribution in [0.3, 0.4) is 0 Å². The van der Waals surface area contributed by atoms with Gasteiger partial charge in [0.25, 0.3) is 0 Å². The van der Waals surface area contributed by atoms with E-state index in [4.69, 9.17) is 0 Å². The Morgan fingerprint density at radius 2 is 2.03 bits per heavy atom. The highest BCUT2D eigenvalue weighted by Gasteiger charge is 2.12. The van der Waals surface area contributed by atoms with Crippen LogP contribution in [0.5, 0.6) is 0 Å². The van der Waals surface area contributed by atoms with Crippen LogP contribution in [-0.4, -0.2) is 6.54 Å². The Bertz CT molecular complexity index is 845. The summed E-state index contributed by atoms with van der Waals surface area (Å²) in [6.45, 7) is 18.1. The number of hydrogen-bond donors (Lipinski definition) is 1. The Labute approximate surface area is 178 Å².